The standard InChI is InChI=1S/C57H108O4S4/c1-5-9-13-17-21-25-29-33-37-41-45-53(62)58-49-57(50-59-54(63)46-42-38-34-30-26-22-18-14-10-6-2,51-60-55(64)47-43-39-35-31-27-23-19-15-11-7-3)52-61-56(65)48-44-40-36-32-28-24-20-16-12-8-4/h5-52H2,1-4H3. The summed E-state index contributed by atoms with van der Waals surface area (Å²) < 4.78 is 25.8. The van der Waals surface area contributed by atoms with Crippen LogP contribution in [-0.2, 0) is 18.9 Å². The number of thiocarbonyl (C=S) groups is 4. The Morgan fingerprint density at radius 2 is 0.369 bits per heavy atom. The molecule has 8 heteroatoms. The topological polar surface area (TPSA) is 36.9 Å². The summed E-state index contributed by atoms with van der Waals surface area (Å²) in [7, 11) is 0. The number of hydrogen-bond acceptors (Lipinski definition) is 8. The highest BCUT2D eigenvalue weighted by atomic mass is 32.1. The predicted molar refractivity (Wildman–Crippen MR) is 302 cm³/mol. The van der Waals surface area contributed by atoms with Gasteiger partial charge in [-0.25, -0.2) is 0 Å². The smallest absolute Gasteiger partial charge is 0.159 e. The Balaban J connectivity index is 5.44. The molecule has 0 aromatic carbocycles. The van der Waals surface area contributed by atoms with E-state index in [1.54, 1.807) is 0 Å². The summed E-state index contributed by atoms with van der Waals surface area (Å²) >= 11 is 23.4. The van der Waals surface area contributed by atoms with Crippen LogP contribution in [0.4, 0.5) is 0 Å². The van der Waals surface area contributed by atoms with Gasteiger partial charge < -0.3 is 18.9 Å². The Morgan fingerprint density at radius 3 is 0.523 bits per heavy atom. The van der Waals surface area contributed by atoms with Crippen LogP contribution in [0.15, 0.2) is 0 Å². The maximum atomic E-state index is 6.45. The largest absolute Gasteiger partial charge is 0.486 e. The average Bonchev–Trinajstić information content (AvgIpc) is 3.30. The first kappa shape index (κ1) is 64.6. The lowest BCUT2D eigenvalue weighted by molar-refractivity contribution is -0.0163. The van der Waals surface area contributed by atoms with Crippen LogP contribution in [0.5, 0.6) is 0 Å². The maximum absolute atomic E-state index is 6.45. The molecule has 4 nitrogen and oxygen atoms in total. The molecule has 0 bridgehead atoms. The molecule has 0 heterocycles. The average molecular weight is 986 g/mol. The molecule has 0 unspecified atom stereocenters. The van der Waals surface area contributed by atoms with E-state index in [1.807, 2.05) is 0 Å². The third-order valence-electron chi connectivity index (χ3n) is 13.1. The zero-order chi connectivity index (χ0) is 47.6. The van der Waals surface area contributed by atoms with Crippen molar-refractivity contribution in [2.24, 2.45) is 5.41 Å². The van der Waals surface area contributed by atoms with Crippen LogP contribution in [0, 0.1) is 5.41 Å². The first-order valence-corrected chi connectivity index (χ1v) is 30.1. The Kier molecular flexibility index (Phi) is 51.1. The number of hydrogen-bond donors (Lipinski definition) is 0. The van der Waals surface area contributed by atoms with E-state index < -0.39 is 5.41 Å². The highest BCUT2D eigenvalue weighted by molar-refractivity contribution is 7.80. The summed E-state index contributed by atoms with van der Waals surface area (Å²) in [5.74, 6) is 0. The van der Waals surface area contributed by atoms with Crippen LogP contribution in [0.1, 0.15) is 310 Å². The van der Waals surface area contributed by atoms with Crippen LogP contribution >= 0.6 is 48.9 Å². The Labute approximate surface area is 427 Å². The van der Waals surface area contributed by atoms with E-state index in [0.29, 0.717) is 46.6 Å². The van der Waals surface area contributed by atoms with Crippen LogP contribution < -0.4 is 0 Å². The predicted octanol–water partition coefficient (Wildman–Crippen LogP) is 20.6. The molecule has 0 radical (unpaired) electrons. The van der Waals surface area contributed by atoms with Gasteiger partial charge in [0, 0.05) is 25.7 Å². The van der Waals surface area contributed by atoms with Gasteiger partial charge in [-0.05, 0) is 74.6 Å². The second-order valence-corrected chi connectivity index (χ2v) is 21.7. The third-order valence-corrected chi connectivity index (χ3v) is 14.4. The molecule has 0 fully saturated rings. The van der Waals surface area contributed by atoms with E-state index in [-0.39, 0.29) is 0 Å². The monoisotopic (exact) mass is 985 g/mol. The Morgan fingerprint density at radius 1 is 0.231 bits per heavy atom. The second kappa shape index (κ2) is 51.4. The summed E-state index contributed by atoms with van der Waals surface area (Å²) in [6.07, 6.45) is 55.0. The van der Waals surface area contributed by atoms with Crippen molar-refractivity contribution in [1.82, 2.24) is 0 Å². The molecule has 0 N–H and O–H groups in total. The normalized spacial score (nSPS) is 11.5. The fourth-order valence-corrected chi connectivity index (χ4v) is 9.31. The minimum atomic E-state index is -0.659. The molecule has 0 atom stereocenters. The quantitative estimate of drug-likeness (QED) is 0.0441. The summed E-state index contributed by atoms with van der Waals surface area (Å²) in [6.45, 7) is 10.4. The van der Waals surface area contributed by atoms with Gasteiger partial charge in [0.15, 0.2) is 20.2 Å². The van der Waals surface area contributed by atoms with Crippen LogP contribution in [0.25, 0.3) is 0 Å². The zero-order valence-electron chi connectivity index (χ0n) is 43.7. The van der Waals surface area contributed by atoms with Crippen molar-refractivity contribution in [1.29, 1.82) is 0 Å². The van der Waals surface area contributed by atoms with Crippen LogP contribution in [-0.4, -0.2) is 46.6 Å². The van der Waals surface area contributed by atoms with Gasteiger partial charge in [-0.2, -0.15) is 0 Å². The van der Waals surface area contributed by atoms with Crippen molar-refractivity contribution in [2.75, 3.05) is 26.4 Å². The van der Waals surface area contributed by atoms with Gasteiger partial charge in [-0.15, -0.1) is 0 Å². The number of rotatable bonds is 52. The van der Waals surface area contributed by atoms with Gasteiger partial charge in [0.1, 0.15) is 31.8 Å². The fourth-order valence-electron chi connectivity index (χ4n) is 8.50. The highest BCUT2D eigenvalue weighted by Crippen LogP contribution is 2.25. The molecule has 0 aromatic heterocycles. The molecular formula is C57H108O4S4. The summed E-state index contributed by atoms with van der Waals surface area (Å²) in [4.78, 5) is 0. The lowest BCUT2D eigenvalue weighted by atomic mass is 9.92. The van der Waals surface area contributed by atoms with Crippen LogP contribution in [0.3, 0.4) is 0 Å². The minimum Gasteiger partial charge on any atom is -0.486 e. The Hall–Kier alpha value is -0.440. The molecule has 65 heavy (non-hydrogen) atoms. The molecule has 0 saturated carbocycles. The molecule has 0 aliphatic rings. The van der Waals surface area contributed by atoms with E-state index in [1.165, 1.54) is 231 Å². The second-order valence-electron chi connectivity index (χ2n) is 19.9. The lowest BCUT2D eigenvalue weighted by Crippen LogP contribution is -2.43. The van der Waals surface area contributed by atoms with Gasteiger partial charge in [0.25, 0.3) is 0 Å². The third kappa shape index (κ3) is 47.0. The van der Waals surface area contributed by atoms with Crippen molar-refractivity contribution in [2.45, 2.75) is 310 Å². The van der Waals surface area contributed by atoms with E-state index >= 15 is 0 Å². The van der Waals surface area contributed by atoms with Gasteiger partial charge in [0.05, 0.1) is 0 Å². The van der Waals surface area contributed by atoms with Crippen molar-refractivity contribution in [3.8, 4) is 0 Å². The SMILES string of the molecule is CCCCCCCCCCCCC(=S)OCC(COC(=S)CCCCCCCCCCCC)(COC(=S)CCCCCCCCCCCC)COC(=S)CCCCCCCCCCCC. The molecule has 0 amide bonds. The molecule has 0 aromatic rings. The van der Waals surface area contributed by atoms with Crippen molar-refractivity contribution >= 4 is 69.1 Å². The highest BCUT2D eigenvalue weighted by Gasteiger charge is 2.36. The lowest BCUT2D eigenvalue weighted by Gasteiger charge is -2.33. The first-order chi connectivity index (χ1) is 31.8. The van der Waals surface area contributed by atoms with Crippen molar-refractivity contribution in [3.63, 3.8) is 0 Å². The maximum Gasteiger partial charge on any atom is 0.159 e. The molecule has 0 aliphatic heterocycles. The van der Waals surface area contributed by atoms with Gasteiger partial charge >= 0.3 is 0 Å². The Bertz CT molecular complexity index is 902. The summed E-state index contributed by atoms with van der Waals surface area (Å²) in [6, 6.07) is 0. The molecule has 0 spiro atoms. The summed E-state index contributed by atoms with van der Waals surface area (Å²) in [5.41, 5.74) is -0.659. The van der Waals surface area contributed by atoms with Crippen molar-refractivity contribution in [3.05, 3.63) is 0 Å². The molecular weight excluding hydrogens is 877 g/mol. The van der Waals surface area contributed by atoms with Crippen molar-refractivity contribution < 1.29 is 18.9 Å². The summed E-state index contributed by atoms with van der Waals surface area (Å²) in [5, 5.41) is 2.62. The molecule has 0 aliphatic carbocycles. The number of unbranched alkanes of at least 4 members (excludes halogenated alkanes) is 36. The van der Waals surface area contributed by atoms with E-state index in [0.717, 1.165) is 51.4 Å². The molecule has 0 rings (SSSR count). The van der Waals surface area contributed by atoms with Gasteiger partial charge in [-0.1, -0.05) is 259 Å². The number of ether oxygens (including phenoxy) is 4. The van der Waals surface area contributed by atoms with E-state index in [4.69, 9.17) is 67.8 Å². The van der Waals surface area contributed by atoms with E-state index in [9.17, 15) is 0 Å². The van der Waals surface area contributed by atoms with Gasteiger partial charge in [0.2, 0.25) is 0 Å². The molecule has 384 valence electrons. The first-order valence-electron chi connectivity index (χ1n) is 28.4. The molecule has 0 saturated heterocycles. The minimum absolute atomic E-state index is 0.326. The van der Waals surface area contributed by atoms with Crippen LogP contribution in [0.2, 0.25) is 0 Å². The fraction of sp³-hybridized carbons (Fsp3) is 0.930. The van der Waals surface area contributed by atoms with E-state index in [2.05, 4.69) is 27.7 Å². The van der Waals surface area contributed by atoms with Gasteiger partial charge in [-0.3, -0.25) is 0 Å². The zero-order valence-corrected chi connectivity index (χ0v) is 47.0.